The average molecular weight is 603 g/mol. The molecule has 0 saturated carbocycles. The lowest BCUT2D eigenvalue weighted by Gasteiger charge is -2.10. The van der Waals surface area contributed by atoms with Crippen LogP contribution >= 0.6 is 0 Å². The maximum absolute atomic E-state index is 15.3. The smallest absolute Gasteiger partial charge is 0.206 e. The lowest BCUT2D eigenvalue weighted by atomic mass is 9.95. The molecule has 5 aromatic rings. The molecule has 0 aliphatic heterocycles. The fourth-order valence-corrected chi connectivity index (χ4v) is 4.94. The molecular weight excluding hydrogens is 577 g/mol. The molecule has 0 N–H and O–H groups in total. The Kier molecular flexibility index (Phi) is 8.64. The molecule has 0 unspecified atom stereocenters. The van der Waals surface area contributed by atoms with Crippen LogP contribution < -0.4 is 0 Å². The molecule has 0 saturated heterocycles. The molecule has 0 aliphatic rings. The number of alkyl halides is 3. The molecule has 0 heterocycles. The molecule has 0 nitrogen and oxygen atoms in total. The summed E-state index contributed by atoms with van der Waals surface area (Å²) < 4.78 is 96.6. The van der Waals surface area contributed by atoms with Crippen molar-refractivity contribution < 1.29 is 30.7 Å². The Labute approximate surface area is 250 Å². The lowest BCUT2D eigenvalue weighted by molar-refractivity contribution is -0.142. The van der Waals surface area contributed by atoms with Crippen LogP contribution in [0.25, 0.3) is 22.3 Å². The zero-order valence-corrected chi connectivity index (χ0v) is 23.7. The van der Waals surface area contributed by atoms with Gasteiger partial charge in [0.1, 0.15) is 28.8 Å². The molecule has 0 atom stereocenters. The van der Waals surface area contributed by atoms with Crippen molar-refractivity contribution in [1.29, 1.82) is 0 Å². The predicted molar refractivity (Wildman–Crippen MR) is 158 cm³/mol. The Morgan fingerprint density at radius 1 is 0.545 bits per heavy atom. The average Bonchev–Trinajstić information content (AvgIpc) is 2.95. The quantitative estimate of drug-likeness (QED) is 0.139. The number of hydrogen-bond donors (Lipinski definition) is 0. The van der Waals surface area contributed by atoms with Crippen LogP contribution in [0.1, 0.15) is 38.9 Å². The molecule has 0 radical (unpaired) electrons. The Morgan fingerprint density at radius 2 is 1.09 bits per heavy atom. The first-order chi connectivity index (χ1) is 20.9. The van der Waals surface area contributed by atoms with E-state index in [9.17, 15) is 22.0 Å². The minimum absolute atomic E-state index is 0.131. The Hall–Kier alpha value is -4.83. The largest absolute Gasteiger partial charge is 0.422 e. The van der Waals surface area contributed by atoms with E-state index >= 15 is 8.78 Å². The third-order valence-corrected chi connectivity index (χ3v) is 7.34. The number of halogens is 7. The monoisotopic (exact) mass is 602 g/mol. The van der Waals surface area contributed by atoms with Gasteiger partial charge in [0.25, 0.3) is 0 Å². The van der Waals surface area contributed by atoms with Gasteiger partial charge in [-0.15, -0.1) is 0 Å². The lowest BCUT2D eigenvalue weighted by Crippen LogP contribution is -2.11. The Morgan fingerprint density at radius 3 is 1.64 bits per heavy atom. The van der Waals surface area contributed by atoms with Crippen LogP contribution in [0, 0.1) is 49.0 Å². The summed E-state index contributed by atoms with van der Waals surface area (Å²) in [5, 5.41) is 0. The molecule has 0 fully saturated rings. The normalized spacial score (nSPS) is 11.3. The molecule has 0 aromatic heterocycles. The number of benzene rings is 5. The van der Waals surface area contributed by atoms with E-state index in [0.717, 1.165) is 30.0 Å². The van der Waals surface area contributed by atoms with E-state index in [0.29, 0.717) is 23.3 Å². The van der Waals surface area contributed by atoms with Gasteiger partial charge >= 0.3 is 6.18 Å². The molecule has 222 valence electrons. The summed E-state index contributed by atoms with van der Waals surface area (Å²) in [6, 6.07) is 24.5. The second-order valence-electron chi connectivity index (χ2n) is 10.6. The molecule has 0 aliphatic carbocycles. The van der Waals surface area contributed by atoms with E-state index in [-0.39, 0.29) is 16.7 Å². The predicted octanol–water partition coefficient (Wildman–Crippen LogP) is 10.4. The van der Waals surface area contributed by atoms with Gasteiger partial charge in [-0.05, 0) is 90.4 Å². The highest BCUT2D eigenvalue weighted by molar-refractivity contribution is 5.72. The summed E-state index contributed by atoms with van der Waals surface area (Å²) >= 11 is 0. The van der Waals surface area contributed by atoms with E-state index in [1.54, 1.807) is 12.1 Å². The molecule has 0 amide bonds. The number of hydrogen-bond acceptors (Lipinski definition) is 0. The molecule has 5 rings (SSSR count). The Bertz CT molecular complexity index is 1840. The first-order valence-electron chi connectivity index (χ1n) is 13.7. The third-order valence-electron chi connectivity index (χ3n) is 7.34. The molecular formula is C37H25F7. The second kappa shape index (κ2) is 12.4. The van der Waals surface area contributed by atoms with E-state index in [2.05, 4.69) is 43.0 Å². The van der Waals surface area contributed by atoms with Gasteiger partial charge in [-0.2, -0.15) is 13.2 Å². The molecule has 0 spiro atoms. The van der Waals surface area contributed by atoms with Gasteiger partial charge in [-0.1, -0.05) is 78.1 Å². The summed E-state index contributed by atoms with van der Waals surface area (Å²) in [5.74, 6) is -0.270. The van der Waals surface area contributed by atoms with Crippen LogP contribution in [0.4, 0.5) is 30.7 Å². The first kappa shape index (κ1) is 30.6. The van der Waals surface area contributed by atoms with Crippen LogP contribution in [0.5, 0.6) is 0 Å². The third kappa shape index (κ3) is 6.86. The first-order valence-corrected chi connectivity index (χ1v) is 13.7. The zero-order valence-electron chi connectivity index (χ0n) is 23.7. The van der Waals surface area contributed by atoms with Crippen LogP contribution in [-0.2, 0) is 19.0 Å². The summed E-state index contributed by atoms with van der Waals surface area (Å²) in [5.41, 5.74) is 3.32. The minimum atomic E-state index is -5.21. The van der Waals surface area contributed by atoms with E-state index in [4.69, 9.17) is 0 Å². The summed E-state index contributed by atoms with van der Waals surface area (Å²) in [4.78, 5) is 0. The van der Waals surface area contributed by atoms with Gasteiger partial charge in [0.05, 0.1) is 5.56 Å². The minimum Gasteiger partial charge on any atom is -0.206 e. The van der Waals surface area contributed by atoms with Gasteiger partial charge in [0, 0.05) is 11.1 Å². The van der Waals surface area contributed by atoms with Crippen molar-refractivity contribution >= 4 is 0 Å². The Balaban J connectivity index is 1.33. The van der Waals surface area contributed by atoms with Crippen molar-refractivity contribution in [3.05, 3.63) is 153 Å². The van der Waals surface area contributed by atoms with Crippen molar-refractivity contribution in [3.8, 4) is 34.1 Å². The van der Waals surface area contributed by atoms with Gasteiger partial charge in [0.15, 0.2) is 0 Å². The van der Waals surface area contributed by atoms with E-state index in [1.165, 1.54) is 30.2 Å². The zero-order chi connectivity index (χ0) is 31.6. The second-order valence-corrected chi connectivity index (χ2v) is 10.6. The standard InChI is InChI=1S/C37H25F7/c1-22-3-5-24(6-4-22)7-8-25-9-12-27(13-10-25)28-14-16-31(33(39)20-28)29-17-23(2)30(32(38)21-29)15-11-26-18-34(40)36(35(41)19-26)37(42,43)44/h3-6,9-10,12-14,16-21H,7-8H2,1-2H3. The topological polar surface area (TPSA) is 0 Å². The van der Waals surface area contributed by atoms with Gasteiger partial charge in [-0.25, -0.2) is 17.6 Å². The summed E-state index contributed by atoms with van der Waals surface area (Å²) in [7, 11) is 0. The highest BCUT2D eigenvalue weighted by Gasteiger charge is 2.37. The summed E-state index contributed by atoms with van der Waals surface area (Å²) in [6.07, 6.45) is -3.42. The van der Waals surface area contributed by atoms with Crippen molar-refractivity contribution in [2.45, 2.75) is 32.9 Å². The molecule has 0 bridgehead atoms. The number of aryl methyl sites for hydroxylation is 4. The highest BCUT2D eigenvalue weighted by Crippen LogP contribution is 2.34. The van der Waals surface area contributed by atoms with E-state index in [1.807, 2.05) is 24.3 Å². The highest BCUT2D eigenvalue weighted by atomic mass is 19.4. The summed E-state index contributed by atoms with van der Waals surface area (Å²) in [6.45, 7) is 3.58. The van der Waals surface area contributed by atoms with Crippen LogP contribution in [-0.4, -0.2) is 0 Å². The maximum atomic E-state index is 15.3. The van der Waals surface area contributed by atoms with Crippen LogP contribution in [0.15, 0.2) is 91.0 Å². The SMILES string of the molecule is Cc1ccc(CCc2ccc(-c3ccc(-c4cc(C)c(C#Cc5cc(F)c(C(F)(F)F)c(F)c5)c(F)c4)c(F)c3)cc2)cc1. The maximum Gasteiger partial charge on any atom is 0.422 e. The van der Waals surface area contributed by atoms with Crippen molar-refractivity contribution in [2.24, 2.45) is 0 Å². The van der Waals surface area contributed by atoms with Crippen molar-refractivity contribution in [3.63, 3.8) is 0 Å². The molecule has 44 heavy (non-hydrogen) atoms. The molecule has 5 aromatic carbocycles. The van der Waals surface area contributed by atoms with E-state index < -0.39 is 40.6 Å². The van der Waals surface area contributed by atoms with Crippen molar-refractivity contribution in [1.82, 2.24) is 0 Å². The van der Waals surface area contributed by atoms with Gasteiger partial charge < -0.3 is 0 Å². The fourth-order valence-electron chi connectivity index (χ4n) is 4.94. The van der Waals surface area contributed by atoms with Gasteiger partial charge in [0.2, 0.25) is 0 Å². The van der Waals surface area contributed by atoms with Crippen LogP contribution in [0.3, 0.4) is 0 Å². The number of rotatable bonds is 5. The fraction of sp³-hybridized carbons (Fsp3) is 0.135. The van der Waals surface area contributed by atoms with Gasteiger partial charge in [-0.3, -0.25) is 0 Å². The molecule has 7 heteroatoms. The van der Waals surface area contributed by atoms with Crippen LogP contribution in [0.2, 0.25) is 0 Å². The van der Waals surface area contributed by atoms with Crippen molar-refractivity contribution in [2.75, 3.05) is 0 Å².